The lowest BCUT2D eigenvalue weighted by molar-refractivity contribution is 0.306. The Labute approximate surface area is 150 Å². The molecule has 0 N–H and O–H groups in total. The van der Waals surface area contributed by atoms with E-state index in [0.29, 0.717) is 33.2 Å². The molecule has 1 aliphatic rings. The molecule has 3 nitrogen and oxygen atoms in total. The highest BCUT2D eigenvalue weighted by Gasteiger charge is 2.30. The Morgan fingerprint density at radius 3 is 2.43 bits per heavy atom. The number of nitrogens with zero attached hydrogens (tertiary/aromatic N) is 1. The predicted octanol–water partition coefficient (Wildman–Crippen LogP) is 5.56. The minimum atomic E-state index is -0.0699. The number of halogens is 3. The Morgan fingerprint density at radius 1 is 1.22 bits per heavy atom. The van der Waals surface area contributed by atoms with Crippen molar-refractivity contribution in [2.75, 3.05) is 6.61 Å². The first-order valence-corrected chi connectivity index (χ1v) is 9.12. The molecule has 1 saturated carbocycles. The van der Waals surface area contributed by atoms with Crippen molar-refractivity contribution in [1.82, 2.24) is 4.57 Å². The second kappa shape index (κ2) is 6.92. The zero-order chi connectivity index (χ0) is 16.6. The summed E-state index contributed by atoms with van der Waals surface area (Å²) in [5, 5.41) is 2.00. The largest absolute Gasteiger partial charge is 0.491 e. The van der Waals surface area contributed by atoms with E-state index in [2.05, 4.69) is 6.92 Å². The summed E-state index contributed by atoms with van der Waals surface area (Å²) in [6, 6.07) is 3.55. The maximum absolute atomic E-state index is 12.9. The zero-order valence-corrected chi connectivity index (χ0v) is 15.1. The molecule has 1 fully saturated rings. The molecule has 6 heteroatoms. The first kappa shape index (κ1) is 16.9. The number of benzene rings is 1. The molecule has 0 radical (unpaired) electrons. The predicted molar refractivity (Wildman–Crippen MR) is 96.5 cm³/mol. The highest BCUT2D eigenvalue weighted by molar-refractivity contribution is 6.42. The van der Waals surface area contributed by atoms with Crippen LogP contribution in [0, 0.1) is 0 Å². The second-order valence-electron chi connectivity index (χ2n) is 5.83. The first-order chi connectivity index (χ1) is 11.1. The van der Waals surface area contributed by atoms with Gasteiger partial charge in [-0.25, -0.2) is 0 Å². The molecule has 0 aliphatic heterocycles. The van der Waals surface area contributed by atoms with Gasteiger partial charge in [-0.1, -0.05) is 36.5 Å². The van der Waals surface area contributed by atoms with Crippen molar-refractivity contribution in [3.05, 3.63) is 38.2 Å². The Bertz CT molecular complexity index is 797. The van der Waals surface area contributed by atoms with Gasteiger partial charge in [0.1, 0.15) is 5.75 Å². The molecule has 0 bridgehead atoms. The second-order valence-corrected chi connectivity index (χ2v) is 6.91. The van der Waals surface area contributed by atoms with E-state index in [1.54, 1.807) is 16.7 Å². The highest BCUT2D eigenvalue weighted by Crippen LogP contribution is 2.40. The van der Waals surface area contributed by atoms with Gasteiger partial charge >= 0.3 is 0 Å². The van der Waals surface area contributed by atoms with E-state index < -0.39 is 0 Å². The molecule has 0 atom stereocenters. The molecule has 0 spiro atoms. The molecule has 124 valence electrons. The average Bonchev–Trinajstić information content (AvgIpc) is 3.35. The van der Waals surface area contributed by atoms with E-state index in [1.807, 2.05) is 0 Å². The molecule has 0 saturated heterocycles. The van der Waals surface area contributed by atoms with Crippen LogP contribution in [0.4, 0.5) is 0 Å². The number of pyridine rings is 1. The molecular weight excluding hydrogens is 357 g/mol. The summed E-state index contributed by atoms with van der Waals surface area (Å²) in [4.78, 5) is 12.9. The lowest BCUT2D eigenvalue weighted by Gasteiger charge is -2.19. The zero-order valence-electron chi connectivity index (χ0n) is 12.9. The van der Waals surface area contributed by atoms with Crippen LogP contribution >= 0.6 is 34.8 Å². The van der Waals surface area contributed by atoms with Gasteiger partial charge in [0.15, 0.2) is 0 Å². The molecule has 1 heterocycles. The van der Waals surface area contributed by atoms with Crippen molar-refractivity contribution in [3.8, 4) is 5.75 Å². The molecule has 0 unspecified atom stereocenters. The number of hydrogen-bond acceptors (Lipinski definition) is 2. The van der Waals surface area contributed by atoms with Crippen molar-refractivity contribution < 1.29 is 4.74 Å². The lowest BCUT2D eigenvalue weighted by atomic mass is 10.1. The van der Waals surface area contributed by atoms with E-state index in [-0.39, 0.29) is 17.5 Å². The molecule has 1 aromatic carbocycles. The minimum absolute atomic E-state index is 0.0699. The van der Waals surface area contributed by atoms with Gasteiger partial charge in [-0.05, 0) is 31.4 Å². The Hall–Kier alpha value is -0.900. The summed E-state index contributed by atoms with van der Waals surface area (Å²) in [5.74, 6) is 0.886. The number of rotatable bonds is 6. The van der Waals surface area contributed by atoms with Crippen LogP contribution in [0.1, 0.15) is 44.3 Å². The van der Waals surface area contributed by atoms with Gasteiger partial charge in [-0.3, -0.25) is 4.79 Å². The summed E-state index contributed by atoms with van der Waals surface area (Å²) >= 11 is 18.4. The molecule has 23 heavy (non-hydrogen) atoms. The third-order valence-corrected chi connectivity index (χ3v) is 5.07. The Morgan fingerprint density at radius 2 is 1.87 bits per heavy atom. The van der Waals surface area contributed by atoms with Crippen molar-refractivity contribution in [3.63, 3.8) is 0 Å². The molecular formula is C17H18Cl3NO2. The fraction of sp³-hybridized carbons (Fsp3) is 0.471. The molecule has 1 aliphatic carbocycles. The van der Waals surface area contributed by atoms with Gasteiger partial charge in [0, 0.05) is 11.4 Å². The van der Waals surface area contributed by atoms with Crippen LogP contribution in [0.25, 0.3) is 10.8 Å². The Kier molecular flexibility index (Phi) is 5.10. The smallest absolute Gasteiger partial charge is 0.259 e. The van der Waals surface area contributed by atoms with Crippen LogP contribution in [-0.2, 0) is 5.88 Å². The van der Waals surface area contributed by atoms with Crippen molar-refractivity contribution in [1.29, 1.82) is 0 Å². The summed E-state index contributed by atoms with van der Waals surface area (Å²) < 4.78 is 7.78. The van der Waals surface area contributed by atoms with Gasteiger partial charge in [-0.15, -0.1) is 11.6 Å². The Balaban J connectivity index is 2.28. The van der Waals surface area contributed by atoms with Gasteiger partial charge in [0.25, 0.3) is 5.56 Å². The van der Waals surface area contributed by atoms with Crippen molar-refractivity contribution in [2.24, 2.45) is 0 Å². The van der Waals surface area contributed by atoms with Crippen LogP contribution in [0.2, 0.25) is 10.0 Å². The summed E-state index contributed by atoms with van der Waals surface area (Å²) in [6.07, 6.45) is 3.95. The van der Waals surface area contributed by atoms with Gasteiger partial charge in [-0.2, -0.15) is 0 Å². The SMILES string of the molecule is CCCCOc1c(CCl)n(C2CC2)c(=O)c2cc(Cl)c(Cl)cc12. The van der Waals surface area contributed by atoms with Gasteiger partial charge in [0.2, 0.25) is 0 Å². The van der Waals surface area contributed by atoms with Gasteiger partial charge in [0.05, 0.1) is 33.6 Å². The van der Waals surface area contributed by atoms with E-state index in [0.717, 1.165) is 31.4 Å². The summed E-state index contributed by atoms with van der Waals surface area (Å²) in [5.41, 5.74) is 0.667. The summed E-state index contributed by atoms with van der Waals surface area (Å²) in [7, 11) is 0. The number of ether oxygens (including phenoxy) is 1. The monoisotopic (exact) mass is 373 g/mol. The van der Waals surface area contributed by atoms with Gasteiger partial charge < -0.3 is 9.30 Å². The topological polar surface area (TPSA) is 31.2 Å². The summed E-state index contributed by atoms with van der Waals surface area (Å²) in [6.45, 7) is 2.68. The lowest BCUT2D eigenvalue weighted by Crippen LogP contribution is -2.24. The maximum atomic E-state index is 12.9. The van der Waals surface area contributed by atoms with Crippen LogP contribution in [0.15, 0.2) is 16.9 Å². The standard InChI is InChI=1S/C17H18Cl3NO2/c1-2-3-6-23-16-11-7-13(19)14(20)8-12(11)17(22)21(10-4-5-10)15(16)9-18/h7-8,10H,2-6,9H2,1H3. The van der Waals surface area contributed by atoms with E-state index >= 15 is 0 Å². The molecule has 3 rings (SSSR count). The minimum Gasteiger partial charge on any atom is -0.491 e. The average molecular weight is 375 g/mol. The number of aromatic nitrogens is 1. The van der Waals surface area contributed by atoms with Crippen LogP contribution in [0.3, 0.4) is 0 Å². The molecule has 2 aromatic rings. The number of fused-ring (bicyclic) bond motifs is 1. The third-order valence-electron chi connectivity index (χ3n) is 4.09. The number of hydrogen-bond donors (Lipinski definition) is 0. The third kappa shape index (κ3) is 3.19. The number of unbranched alkanes of at least 4 members (excludes halogenated alkanes) is 1. The molecule has 0 amide bonds. The molecule has 1 aromatic heterocycles. The quantitative estimate of drug-likeness (QED) is 0.489. The van der Waals surface area contributed by atoms with Crippen molar-refractivity contribution >= 4 is 45.6 Å². The highest BCUT2D eigenvalue weighted by atomic mass is 35.5. The normalized spacial score (nSPS) is 14.4. The van der Waals surface area contributed by atoms with E-state index in [9.17, 15) is 4.79 Å². The van der Waals surface area contributed by atoms with E-state index in [1.165, 1.54) is 0 Å². The van der Waals surface area contributed by atoms with Crippen molar-refractivity contribution in [2.45, 2.75) is 44.5 Å². The number of alkyl halides is 1. The van der Waals surface area contributed by atoms with Crippen LogP contribution < -0.4 is 10.3 Å². The van der Waals surface area contributed by atoms with Crippen LogP contribution in [0.5, 0.6) is 5.75 Å². The van der Waals surface area contributed by atoms with Crippen LogP contribution in [-0.4, -0.2) is 11.2 Å². The maximum Gasteiger partial charge on any atom is 0.259 e. The first-order valence-electron chi connectivity index (χ1n) is 7.83. The fourth-order valence-corrected chi connectivity index (χ4v) is 3.33. The van der Waals surface area contributed by atoms with E-state index in [4.69, 9.17) is 39.5 Å². The fourth-order valence-electron chi connectivity index (χ4n) is 2.75.